The van der Waals surface area contributed by atoms with Gasteiger partial charge in [-0.3, -0.25) is 4.79 Å². The molecule has 0 radical (unpaired) electrons. The largest absolute Gasteiger partial charge is 0.380 e. The highest BCUT2D eigenvalue weighted by Gasteiger charge is 2.29. The minimum absolute atomic E-state index is 0.0703. The molecule has 0 saturated carbocycles. The molecule has 1 saturated heterocycles. The summed E-state index contributed by atoms with van der Waals surface area (Å²) in [5, 5.41) is 3.08. The first-order valence-corrected chi connectivity index (χ1v) is 5.26. The fraction of sp³-hybridized carbons (Fsp3) is 0.417. The van der Waals surface area contributed by atoms with Crippen molar-refractivity contribution >= 4 is 5.78 Å². The Morgan fingerprint density at radius 1 is 1.56 bits per heavy atom. The number of carbonyl (C=O) groups excluding carboxylic acids is 1. The summed E-state index contributed by atoms with van der Waals surface area (Å²) in [6.45, 7) is 0.669. The molecule has 1 aromatic rings. The quantitative estimate of drug-likeness (QED) is 0.787. The Labute approximate surface area is 93.6 Å². The normalized spacial score (nSPS) is 24.6. The Morgan fingerprint density at radius 3 is 3.00 bits per heavy atom. The Kier molecular flexibility index (Phi) is 3.31. The molecule has 0 aromatic heterocycles. The summed E-state index contributed by atoms with van der Waals surface area (Å²) < 4.78 is 18.1. The van der Waals surface area contributed by atoms with Crippen molar-refractivity contribution in [3.8, 4) is 0 Å². The van der Waals surface area contributed by atoms with E-state index in [1.807, 2.05) is 0 Å². The van der Waals surface area contributed by atoms with E-state index < -0.39 is 0 Å². The highest BCUT2D eigenvalue weighted by atomic mass is 19.1. The summed E-state index contributed by atoms with van der Waals surface area (Å²) in [5.41, 5.74) is 0.411. The molecule has 2 rings (SSSR count). The van der Waals surface area contributed by atoms with Gasteiger partial charge in [-0.1, -0.05) is 12.1 Å². The zero-order chi connectivity index (χ0) is 11.5. The van der Waals surface area contributed by atoms with Crippen LogP contribution in [0.3, 0.4) is 0 Å². The number of nitrogens with one attached hydrogen (secondary N) is 1. The molecular weight excluding hydrogens is 209 g/mol. The first kappa shape index (κ1) is 11.2. The minimum Gasteiger partial charge on any atom is -0.380 e. The summed E-state index contributed by atoms with van der Waals surface area (Å²) in [6.07, 6.45) is 0.716. The number of benzene rings is 1. The summed E-state index contributed by atoms with van der Waals surface area (Å²) in [5.74, 6) is -0.453. The number of hydrogen-bond acceptors (Lipinski definition) is 3. The smallest absolute Gasteiger partial charge is 0.179 e. The van der Waals surface area contributed by atoms with Gasteiger partial charge in [-0.05, 0) is 18.6 Å². The zero-order valence-corrected chi connectivity index (χ0v) is 9.07. The van der Waals surface area contributed by atoms with Crippen molar-refractivity contribution in [1.29, 1.82) is 0 Å². The molecule has 86 valence electrons. The van der Waals surface area contributed by atoms with Crippen molar-refractivity contribution in [2.75, 3.05) is 13.7 Å². The molecule has 1 aliphatic heterocycles. The Balaban J connectivity index is 2.08. The third kappa shape index (κ3) is 2.28. The monoisotopic (exact) mass is 223 g/mol. The second-order valence-electron chi connectivity index (χ2n) is 3.93. The maximum Gasteiger partial charge on any atom is 0.179 e. The van der Waals surface area contributed by atoms with Gasteiger partial charge in [0.25, 0.3) is 0 Å². The fourth-order valence-electron chi connectivity index (χ4n) is 1.93. The molecule has 0 spiro atoms. The second-order valence-corrected chi connectivity index (χ2v) is 3.93. The Bertz CT molecular complexity index is 394. The lowest BCUT2D eigenvalue weighted by Crippen LogP contribution is -2.30. The average Bonchev–Trinajstić information content (AvgIpc) is 2.76. The lowest BCUT2D eigenvalue weighted by atomic mass is 10.0. The number of ether oxygens (including phenoxy) is 1. The van der Waals surface area contributed by atoms with Crippen LogP contribution in [0, 0.1) is 5.82 Å². The molecule has 0 bridgehead atoms. The summed E-state index contributed by atoms with van der Waals surface area (Å²) in [6, 6.07) is 5.52. The topological polar surface area (TPSA) is 38.3 Å². The zero-order valence-electron chi connectivity index (χ0n) is 9.07. The van der Waals surface area contributed by atoms with E-state index in [-0.39, 0.29) is 23.7 Å². The lowest BCUT2D eigenvalue weighted by Gasteiger charge is -2.09. The number of methoxy groups -OCH3 is 1. The molecule has 3 nitrogen and oxygen atoms in total. The van der Waals surface area contributed by atoms with Gasteiger partial charge in [0.05, 0.1) is 12.1 Å². The van der Waals surface area contributed by atoms with Crippen molar-refractivity contribution in [2.24, 2.45) is 0 Å². The molecule has 4 heteroatoms. The van der Waals surface area contributed by atoms with Crippen molar-refractivity contribution in [3.63, 3.8) is 0 Å². The van der Waals surface area contributed by atoms with Gasteiger partial charge in [-0.15, -0.1) is 0 Å². The van der Waals surface area contributed by atoms with Crippen LogP contribution < -0.4 is 5.32 Å². The van der Waals surface area contributed by atoms with E-state index in [4.69, 9.17) is 4.74 Å². The number of Topliss-reactive ketones (excluding diaryl/α,β-unsaturated/α-hetero) is 1. The maximum absolute atomic E-state index is 13.0. The number of ketones is 1. The summed E-state index contributed by atoms with van der Waals surface area (Å²) in [4.78, 5) is 12.0. The molecule has 1 heterocycles. The van der Waals surface area contributed by atoms with E-state index in [1.54, 1.807) is 19.2 Å². The van der Waals surface area contributed by atoms with E-state index in [9.17, 15) is 9.18 Å². The number of hydrogen-bond donors (Lipinski definition) is 1. The van der Waals surface area contributed by atoms with E-state index in [0.29, 0.717) is 18.5 Å². The summed E-state index contributed by atoms with van der Waals surface area (Å²) in [7, 11) is 1.63. The van der Waals surface area contributed by atoms with Crippen LogP contribution in [-0.4, -0.2) is 31.6 Å². The van der Waals surface area contributed by atoms with Crippen molar-refractivity contribution in [2.45, 2.75) is 18.6 Å². The molecule has 1 aliphatic rings. The van der Waals surface area contributed by atoms with Gasteiger partial charge >= 0.3 is 0 Å². The van der Waals surface area contributed by atoms with Crippen LogP contribution in [0.5, 0.6) is 0 Å². The van der Waals surface area contributed by atoms with Crippen LogP contribution in [0.25, 0.3) is 0 Å². The predicted octanol–water partition coefficient (Wildman–Crippen LogP) is 1.39. The minimum atomic E-state index is -0.382. The van der Waals surface area contributed by atoms with Crippen LogP contribution in [0.4, 0.5) is 4.39 Å². The molecule has 1 fully saturated rings. The fourth-order valence-corrected chi connectivity index (χ4v) is 1.93. The van der Waals surface area contributed by atoms with Gasteiger partial charge in [0.2, 0.25) is 0 Å². The van der Waals surface area contributed by atoms with Gasteiger partial charge < -0.3 is 10.1 Å². The predicted molar refractivity (Wildman–Crippen MR) is 57.9 cm³/mol. The molecule has 1 aromatic carbocycles. The first-order chi connectivity index (χ1) is 7.70. The molecule has 2 atom stereocenters. The summed E-state index contributed by atoms with van der Waals surface area (Å²) >= 11 is 0. The third-order valence-electron chi connectivity index (χ3n) is 2.85. The van der Waals surface area contributed by atoms with Gasteiger partial charge in [0.1, 0.15) is 5.82 Å². The van der Waals surface area contributed by atoms with Gasteiger partial charge in [-0.25, -0.2) is 4.39 Å². The highest BCUT2D eigenvalue weighted by molar-refractivity contribution is 6.00. The molecule has 2 unspecified atom stereocenters. The van der Waals surface area contributed by atoms with E-state index in [2.05, 4.69) is 5.32 Å². The van der Waals surface area contributed by atoms with Crippen molar-refractivity contribution < 1.29 is 13.9 Å². The molecule has 0 amide bonds. The third-order valence-corrected chi connectivity index (χ3v) is 2.85. The highest BCUT2D eigenvalue weighted by Crippen LogP contribution is 2.15. The van der Waals surface area contributed by atoms with Gasteiger partial charge in [0.15, 0.2) is 5.78 Å². The SMILES string of the molecule is COC1CNC(C(=O)c2cccc(F)c2)C1. The Hall–Kier alpha value is -1.26. The molecular formula is C12H14FNO2. The maximum atomic E-state index is 13.0. The van der Waals surface area contributed by atoms with Crippen molar-refractivity contribution in [1.82, 2.24) is 5.32 Å². The van der Waals surface area contributed by atoms with E-state index in [1.165, 1.54) is 12.1 Å². The molecule has 16 heavy (non-hydrogen) atoms. The van der Waals surface area contributed by atoms with Crippen LogP contribution in [-0.2, 0) is 4.74 Å². The molecule has 1 N–H and O–H groups in total. The molecule has 0 aliphatic carbocycles. The van der Waals surface area contributed by atoms with Crippen LogP contribution in [0.1, 0.15) is 16.8 Å². The van der Waals surface area contributed by atoms with Gasteiger partial charge in [0, 0.05) is 19.2 Å². The Morgan fingerprint density at radius 2 is 2.38 bits per heavy atom. The van der Waals surface area contributed by atoms with Crippen LogP contribution in [0.15, 0.2) is 24.3 Å². The number of rotatable bonds is 3. The van der Waals surface area contributed by atoms with Crippen molar-refractivity contribution in [3.05, 3.63) is 35.6 Å². The number of carbonyl (C=O) groups is 1. The second kappa shape index (κ2) is 4.72. The van der Waals surface area contributed by atoms with Gasteiger partial charge in [-0.2, -0.15) is 0 Å². The van der Waals surface area contributed by atoms with E-state index >= 15 is 0 Å². The standard InChI is InChI=1S/C12H14FNO2/c1-16-10-6-11(14-7-10)12(15)8-3-2-4-9(13)5-8/h2-5,10-11,14H,6-7H2,1H3. The van der Waals surface area contributed by atoms with Crippen LogP contribution in [0.2, 0.25) is 0 Å². The average molecular weight is 223 g/mol. The number of halogens is 1. The first-order valence-electron chi connectivity index (χ1n) is 5.26. The van der Waals surface area contributed by atoms with E-state index in [0.717, 1.165) is 0 Å². The van der Waals surface area contributed by atoms with Crippen LogP contribution >= 0.6 is 0 Å². The lowest BCUT2D eigenvalue weighted by molar-refractivity contribution is 0.0918.